The van der Waals surface area contributed by atoms with Crippen LogP contribution in [0.4, 0.5) is 0 Å². The lowest BCUT2D eigenvalue weighted by atomic mass is 9.90. The van der Waals surface area contributed by atoms with Crippen molar-refractivity contribution < 1.29 is 5.11 Å². The SMILES string of the molecule is CCCC(O)(CN)CCCC(C)C. The van der Waals surface area contributed by atoms with Gasteiger partial charge in [0.2, 0.25) is 0 Å². The van der Waals surface area contributed by atoms with Gasteiger partial charge < -0.3 is 10.8 Å². The number of rotatable bonds is 7. The molecule has 0 aliphatic rings. The standard InChI is InChI=1S/C11H25NO/c1-4-7-11(13,9-12)8-5-6-10(2)3/h10,13H,4-9,12H2,1-3H3. The molecule has 2 nitrogen and oxygen atoms in total. The molecule has 0 heterocycles. The molecule has 0 saturated heterocycles. The van der Waals surface area contributed by atoms with E-state index < -0.39 is 5.60 Å². The predicted octanol–water partition coefficient (Wildman–Crippen LogP) is 2.30. The number of nitrogens with two attached hydrogens (primary N) is 1. The average Bonchev–Trinajstić information content (AvgIpc) is 2.04. The van der Waals surface area contributed by atoms with Crippen molar-refractivity contribution >= 4 is 0 Å². The van der Waals surface area contributed by atoms with Gasteiger partial charge in [0.15, 0.2) is 0 Å². The van der Waals surface area contributed by atoms with Gasteiger partial charge in [0, 0.05) is 6.54 Å². The van der Waals surface area contributed by atoms with Gasteiger partial charge in [-0.3, -0.25) is 0 Å². The molecule has 2 heteroatoms. The lowest BCUT2D eigenvalue weighted by Crippen LogP contribution is -2.37. The van der Waals surface area contributed by atoms with Crippen molar-refractivity contribution in [2.24, 2.45) is 11.7 Å². The van der Waals surface area contributed by atoms with Crippen LogP contribution < -0.4 is 5.73 Å². The Morgan fingerprint density at radius 3 is 2.31 bits per heavy atom. The third kappa shape index (κ3) is 6.05. The van der Waals surface area contributed by atoms with E-state index in [2.05, 4.69) is 20.8 Å². The summed E-state index contributed by atoms with van der Waals surface area (Å²) in [5.74, 6) is 0.726. The van der Waals surface area contributed by atoms with Crippen LogP contribution in [0.2, 0.25) is 0 Å². The molecule has 0 bridgehead atoms. The van der Waals surface area contributed by atoms with E-state index in [9.17, 15) is 5.11 Å². The van der Waals surface area contributed by atoms with E-state index >= 15 is 0 Å². The summed E-state index contributed by atoms with van der Waals surface area (Å²) >= 11 is 0. The molecule has 0 aromatic carbocycles. The summed E-state index contributed by atoms with van der Waals surface area (Å²) in [6.07, 6.45) is 4.98. The average molecular weight is 187 g/mol. The van der Waals surface area contributed by atoms with Gasteiger partial charge in [-0.05, 0) is 18.8 Å². The molecule has 0 fully saturated rings. The normalized spacial score (nSPS) is 16.2. The highest BCUT2D eigenvalue weighted by atomic mass is 16.3. The molecule has 0 spiro atoms. The molecular formula is C11H25NO. The van der Waals surface area contributed by atoms with E-state index in [4.69, 9.17) is 5.73 Å². The van der Waals surface area contributed by atoms with Gasteiger partial charge in [0.05, 0.1) is 5.60 Å². The maximum Gasteiger partial charge on any atom is 0.0769 e. The molecule has 0 aliphatic carbocycles. The van der Waals surface area contributed by atoms with Gasteiger partial charge in [-0.15, -0.1) is 0 Å². The molecular weight excluding hydrogens is 162 g/mol. The Balaban J connectivity index is 3.69. The molecule has 0 saturated carbocycles. The Morgan fingerprint density at radius 1 is 1.31 bits per heavy atom. The summed E-state index contributed by atoms with van der Waals surface area (Å²) in [5.41, 5.74) is 4.97. The largest absolute Gasteiger partial charge is 0.389 e. The van der Waals surface area contributed by atoms with Crippen LogP contribution in [0.25, 0.3) is 0 Å². The minimum Gasteiger partial charge on any atom is -0.389 e. The highest BCUT2D eigenvalue weighted by molar-refractivity contribution is 4.78. The fourth-order valence-electron chi connectivity index (χ4n) is 1.63. The van der Waals surface area contributed by atoms with Crippen molar-refractivity contribution in [2.45, 2.75) is 58.5 Å². The third-order valence-electron chi connectivity index (χ3n) is 2.52. The molecule has 0 aromatic rings. The summed E-state index contributed by atoms with van der Waals surface area (Å²) in [4.78, 5) is 0. The first kappa shape index (κ1) is 12.9. The molecule has 13 heavy (non-hydrogen) atoms. The number of hydrogen-bond donors (Lipinski definition) is 2. The van der Waals surface area contributed by atoms with Crippen molar-refractivity contribution in [3.8, 4) is 0 Å². The molecule has 1 unspecified atom stereocenters. The van der Waals surface area contributed by atoms with Crippen LogP contribution in [0.15, 0.2) is 0 Å². The molecule has 0 aromatic heterocycles. The van der Waals surface area contributed by atoms with Crippen LogP contribution in [0.5, 0.6) is 0 Å². The summed E-state index contributed by atoms with van der Waals surface area (Å²) in [5, 5.41) is 10.0. The Morgan fingerprint density at radius 2 is 1.92 bits per heavy atom. The summed E-state index contributed by atoms with van der Waals surface area (Å²) < 4.78 is 0. The smallest absolute Gasteiger partial charge is 0.0769 e. The topological polar surface area (TPSA) is 46.2 Å². The first-order valence-corrected chi connectivity index (χ1v) is 5.46. The Hall–Kier alpha value is -0.0800. The van der Waals surface area contributed by atoms with Crippen LogP contribution in [0, 0.1) is 5.92 Å². The van der Waals surface area contributed by atoms with E-state index in [1.807, 2.05) is 0 Å². The zero-order valence-electron chi connectivity index (χ0n) is 9.34. The highest BCUT2D eigenvalue weighted by Crippen LogP contribution is 2.20. The lowest BCUT2D eigenvalue weighted by Gasteiger charge is -2.26. The molecule has 80 valence electrons. The van der Waals surface area contributed by atoms with Crippen LogP contribution in [-0.2, 0) is 0 Å². The zero-order chi connectivity index (χ0) is 10.3. The Kier molecular flexibility index (Phi) is 6.35. The second-order valence-electron chi connectivity index (χ2n) is 4.46. The lowest BCUT2D eigenvalue weighted by molar-refractivity contribution is 0.0277. The van der Waals surface area contributed by atoms with Gasteiger partial charge in [0.25, 0.3) is 0 Å². The molecule has 0 radical (unpaired) electrons. The fraction of sp³-hybridized carbons (Fsp3) is 1.00. The molecule has 0 amide bonds. The van der Waals surface area contributed by atoms with Crippen LogP contribution in [0.3, 0.4) is 0 Å². The Labute approximate surface area is 82.5 Å². The minimum atomic E-state index is -0.594. The maximum absolute atomic E-state index is 10.0. The first-order chi connectivity index (χ1) is 6.04. The zero-order valence-corrected chi connectivity index (χ0v) is 9.34. The fourth-order valence-corrected chi connectivity index (χ4v) is 1.63. The van der Waals surface area contributed by atoms with Crippen molar-refractivity contribution in [3.63, 3.8) is 0 Å². The van der Waals surface area contributed by atoms with Crippen LogP contribution >= 0.6 is 0 Å². The van der Waals surface area contributed by atoms with Crippen molar-refractivity contribution in [3.05, 3.63) is 0 Å². The van der Waals surface area contributed by atoms with Crippen molar-refractivity contribution in [1.29, 1.82) is 0 Å². The van der Waals surface area contributed by atoms with E-state index in [0.29, 0.717) is 6.54 Å². The second kappa shape index (κ2) is 6.39. The first-order valence-electron chi connectivity index (χ1n) is 5.46. The van der Waals surface area contributed by atoms with Crippen molar-refractivity contribution in [1.82, 2.24) is 0 Å². The van der Waals surface area contributed by atoms with E-state index in [1.165, 1.54) is 6.42 Å². The van der Waals surface area contributed by atoms with Crippen LogP contribution in [0.1, 0.15) is 52.9 Å². The molecule has 3 N–H and O–H groups in total. The van der Waals surface area contributed by atoms with Gasteiger partial charge >= 0.3 is 0 Å². The molecule has 1 atom stereocenters. The van der Waals surface area contributed by atoms with Gasteiger partial charge in [-0.1, -0.05) is 40.0 Å². The summed E-state index contributed by atoms with van der Waals surface area (Å²) in [7, 11) is 0. The molecule has 0 rings (SSSR count). The van der Waals surface area contributed by atoms with Crippen molar-refractivity contribution in [2.75, 3.05) is 6.54 Å². The van der Waals surface area contributed by atoms with Gasteiger partial charge in [-0.2, -0.15) is 0 Å². The summed E-state index contributed by atoms with van der Waals surface area (Å²) in [6, 6.07) is 0. The van der Waals surface area contributed by atoms with Gasteiger partial charge in [0.1, 0.15) is 0 Å². The second-order valence-corrected chi connectivity index (χ2v) is 4.46. The number of hydrogen-bond acceptors (Lipinski definition) is 2. The Bertz CT molecular complexity index is 125. The monoisotopic (exact) mass is 187 g/mol. The van der Waals surface area contributed by atoms with Crippen LogP contribution in [-0.4, -0.2) is 17.3 Å². The minimum absolute atomic E-state index is 0.402. The third-order valence-corrected chi connectivity index (χ3v) is 2.52. The van der Waals surface area contributed by atoms with Gasteiger partial charge in [-0.25, -0.2) is 0 Å². The summed E-state index contributed by atoms with van der Waals surface area (Å²) in [6.45, 7) is 6.91. The van der Waals surface area contributed by atoms with E-state index in [1.54, 1.807) is 0 Å². The predicted molar refractivity (Wildman–Crippen MR) is 57.6 cm³/mol. The molecule has 0 aliphatic heterocycles. The quantitative estimate of drug-likeness (QED) is 0.642. The maximum atomic E-state index is 10.0. The highest BCUT2D eigenvalue weighted by Gasteiger charge is 2.22. The van der Waals surface area contributed by atoms with E-state index in [0.717, 1.165) is 31.6 Å². The van der Waals surface area contributed by atoms with E-state index in [-0.39, 0.29) is 0 Å². The number of aliphatic hydroxyl groups is 1.